The molecule has 1 aromatic rings. The highest BCUT2D eigenvalue weighted by molar-refractivity contribution is 8.00. The van der Waals surface area contributed by atoms with E-state index in [9.17, 15) is 9.59 Å². The van der Waals surface area contributed by atoms with Gasteiger partial charge in [-0.2, -0.15) is 0 Å². The molecule has 0 atom stereocenters. The quantitative estimate of drug-likeness (QED) is 0.810. The Bertz CT molecular complexity index is 448. The van der Waals surface area contributed by atoms with Gasteiger partial charge in [-0.05, 0) is 24.6 Å². The highest BCUT2D eigenvalue weighted by Crippen LogP contribution is 2.28. The van der Waals surface area contributed by atoms with Crippen LogP contribution in [0.25, 0.3) is 0 Å². The summed E-state index contributed by atoms with van der Waals surface area (Å²) in [5.74, 6) is -1.68. The Labute approximate surface area is 102 Å². The van der Waals surface area contributed by atoms with Gasteiger partial charge in [0.05, 0.1) is 11.3 Å². The van der Waals surface area contributed by atoms with E-state index in [-0.39, 0.29) is 5.75 Å². The molecule has 0 aromatic heterocycles. The van der Waals surface area contributed by atoms with Crippen LogP contribution in [0.5, 0.6) is 0 Å². The van der Waals surface area contributed by atoms with Gasteiger partial charge in [0.25, 0.3) is 0 Å². The Morgan fingerprint density at radius 2 is 2.12 bits per heavy atom. The van der Waals surface area contributed by atoms with Crippen molar-refractivity contribution in [1.82, 2.24) is 0 Å². The molecule has 6 heteroatoms. The van der Waals surface area contributed by atoms with Gasteiger partial charge in [-0.1, -0.05) is 11.6 Å². The number of primary amides is 1. The second-order valence-corrected chi connectivity index (χ2v) is 4.60. The predicted octanol–water partition coefficient (Wildman–Crippen LogP) is 1.92. The molecular formula is C10H10ClNO3S. The smallest absolute Gasteiger partial charge is 0.313 e. The molecular weight excluding hydrogens is 250 g/mol. The third-order valence-corrected chi connectivity index (χ3v) is 3.10. The van der Waals surface area contributed by atoms with E-state index in [1.54, 1.807) is 19.1 Å². The fourth-order valence-electron chi connectivity index (χ4n) is 1.28. The van der Waals surface area contributed by atoms with Crippen LogP contribution < -0.4 is 5.73 Å². The van der Waals surface area contributed by atoms with Gasteiger partial charge in [0, 0.05) is 9.92 Å². The maximum Gasteiger partial charge on any atom is 0.313 e. The van der Waals surface area contributed by atoms with E-state index in [2.05, 4.69) is 0 Å². The van der Waals surface area contributed by atoms with E-state index >= 15 is 0 Å². The molecule has 0 fully saturated rings. The number of halogens is 1. The molecule has 16 heavy (non-hydrogen) atoms. The minimum Gasteiger partial charge on any atom is -0.481 e. The Morgan fingerprint density at radius 1 is 1.50 bits per heavy atom. The average Bonchev–Trinajstić information content (AvgIpc) is 2.12. The van der Waals surface area contributed by atoms with Crippen LogP contribution in [0, 0.1) is 6.92 Å². The van der Waals surface area contributed by atoms with Gasteiger partial charge in [-0.25, -0.2) is 0 Å². The summed E-state index contributed by atoms with van der Waals surface area (Å²) in [6, 6.07) is 3.16. The molecule has 86 valence electrons. The number of hydrogen-bond acceptors (Lipinski definition) is 3. The van der Waals surface area contributed by atoms with Crippen molar-refractivity contribution in [3.8, 4) is 0 Å². The topological polar surface area (TPSA) is 80.4 Å². The fraction of sp³-hybridized carbons (Fsp3) is 0.200. The van der Waals surface area contributed by atoms with Gasteiger partial charge < -0.3 is 10.8 Å². The molecule has 0 heterocycles. The Morgan fingerprint density at radius 3 is 2.62 bits per heavy atom. The zero-order valence-corrected chi connectivity index (χ0v) is 10.1. The largest absolute Gasteiger partial charge is 0.481 e. The summed E-state index contributed by atoms with van der Waals surface area (Å²) in [4.78, 5) is 22.2. The summed E-state index contributed by atoms with van der Waals surface area (Å²) < 4.78 is 0. The van der Waals surface area contributed by atoms with Crippen molar-refractivity contribution in [3.05, 3.63) is 28.3 Å². The number of amides is 1. The second kappa shape index (κ2) is 5.23. The van der Waals surface area contributed by atoms with Crippen LogP contribution in [0.4, 0.5) is 0 Å². The van der Waals surface area contributed by atoms with E-state index in [1.807, 2.05) is 0 Å². The molecule has 1 amide bonds. The predicted molar refractivity (Wildman–Crippen MR) is 63.1 cm³/mol. The number of nitrogens with two attached hydrogens (primary N) is 1. The van der Waals surface area contributed by atoms with Gasteiger partial charge in [0.2, 0.25) is 5.91 Å². The molecule has 0 radical (unpaired) electrons. The van der Waals surface area contributed by atoms with Gasteiger partial charge in [0.15, 0.2) is 0 Å². The number of aryl methyl sites for hydroxylation is 1. The molecule has 0 bridgehead atoms. The molecule has 4 nitrogen and oxygen atoms in total. The fourth-order valence-corrected chi connectivity index (χ4v) is 2.51. The zero-order valence-electron chi connectivity index (χ0n) is 8.49. The third kappa shape index (κ3) is 3.15. The lowest BCUT2D eigenvalue weighted by Crippen LogP contribution is -2.14. The monoisotopic (exact) mass is 259 g/mol. The summed E-state index contributed by atoms with van der Waals surface area (Å²) in [6.45, 7) is 1.71. The van der Waals surface area contributed by atoms with Crippen LogP contribution in [0.2, 0.25) is 5.02 Å². The zero-order chi connectivity index (χ0) is 12.3. The molecule has 3 N–H and O–H groups in total. The standard InChI is InChI=1S/C10H10ClNO3S/c1-5-2-6(11)3-7(9(5)10(12)15)16-4-8(13)14/h2-3H,4H2,1H3,(H2,12,15)(H,13,14). The number of hydrogen-bond donors (Lipinski definition) is 2. The van der Waals surface area contributed by atoms with E-state index in [0.717, 1.165) is 11.8 Å². The lowest BCUT2D eigenvalue weighted by molar-refractivity contribution is -0.133. The van der Waals surface area contributed by atoms with Crippen LogP contribution in [0.3, 0.4) is 0 Å². The minimum absolute atomic E-state index is 0.139. The van der Waals surface area contributed by atoms with Gasteiger partial charge in [0.1, 0.15) is 0 Å². The summed E-state index contributed by atoms with van der Waals surface area (Å²) in [5, 5.41) is 9.03. The first kappa shape index (κ1) is 12.9. The highest BCUT2D eigenvalue weighted by atomic mass is 35.5. The number of carboxylic acid groups (broad SMARTS) is 1. The summed E-state index contributed by atoms with van der Waals surface area (Å²) in [5.41, 5.74) is 6.20. The molecule has 1 rings (SSSR count). The molecule has 0 unspecified atom stereocenters. The molecule has 0 aliphatic rings. The van der Waals surface area contributed by atoms with E-state index in [1.165, 1.54) is 0 Å². The van der Waals surface area contributed by atoms with Crippen molar-refractivity contribution in [2.45, 2.75) is 11.8 Å². The first-order chi connectivity index (χ1) is 7.41. The maximum absolute atomic E-state index is 11.2. The second-order valence-electron chi connectivity index (χ2n) is 3.14. The number of carboxylic acids is 1. The Hall–Kier alpha value is -1.20. The van der Waals surface area contributed by atoms with E-state index in [4.69, 9.17) is 22.4 Å². The van der Waals surface area contributed by atoms with Crippen LogP contribution in [-0.4, -0.2) is 22.7 Å². The maximum atomic E-state index is 11.2. The van der Waals surface area contributed by atoms with Gasteiger partial charge in [-0.3, -0.25) is 9.59 Å². The first-order valence-electron chi connectivity index (χ1n) is 4.36. The number of carbonyl (C=O) groups excluding carboxylic acids is 1. The Balaban J connectivity index is 3.13. The molecule has 1 aromatic carbocycles. The molecule has 0 aliphatic carbocycles. The highest BCUT2D eigenvalue weighted by Gasteiger charge is 2.14. The summed E-state index contributed by atoms with van der Waals surface area (Å²) >= 11 is 6.86. The normalized spacial score (nSPS) is 10.1. The van der Waals surface area contributed by atoms with Crippen molar-refractivity contribution in [1.29, 1.82) is 0 Å². The van der Waals surface area contributed by atoms with Crippen LogP contribution in [0.1, 0.15) is 15.9 Å². The molecule has 0 saturated heterocycles. The molecule has 0 saturated carbocycles. The van der Waals surface area contributed by atoms with Crippen molar-refractivity contribution < 1.29 is 14.7 Å². The van der Waals surface area contributed by atoms with Crippen molar-refractivity contribution in [2.24, 2.45) is 5.73 Å². The Kier molecular flexibility index (Phi) is 4.20. The van der Waals surface area contributed by atoms with E-state index in [0.29, 0.717) is 21.0 Å². The molecule has 0 spiro atoms. The number of rotatable bonds is 4. The SMILES string of the molecule is Cc1cc(Cl)cc(SCC(=O)O)c1C(N)=O. The van der Waals surface area contributed by atoms with Crippen molar-refractivity contribution in [2.75, 3.05) is 5.75 Å². The minimum atomic E-state index is -0.960. The lowest BCUT2D eigenvalue weighted by Gasteiger charge is -2.09. The van der Waals surface area contributed by atoms with Crippen LogP contribution >= 0.6 is 23.4 Å². The summed E-state index contributed by atoms with van der Waals surface area (Å²) in [7, 11) is 0. The van der Waals surface area contributed by atoms with Crippen LogP contribution in [-0.2, 0) is 4.79 Å². The lowest BCUT2D eigenvalue weighted by atomic mass is 10.1. The number of aliphatic carboxylic acids is 1. The average molecular weight is 260 g/mol. The first-order valence-corrected chi connectivity index (χ1v) is 5.72. The van der Waals surface area contributed by atoms with Crippen molar-refractivity contribution in [3.63, 3.8) is 0 Å². The van der Waals surface area contributed by atoms with Crippen LogP contribution in [0.15, 0.2) is 17.0 Å². The number of benzene rings is 1. The number of carbonyl (C=O) groups is 2. The summed E-state index contributed by atoms with van der Waals surface area (Å²) in [6.07, 6.45) is 0. The van der Waals surface area contributed by atoms with Gasteiger partial charge in [-0.15, -0.1) is 11.8 Å². The molecule has 0 aliphatic heterocycles. The van der Waals surface area contributed by atoms with Gasteiger partial charge >= 0.3 is 5.97 Å². The van der Waals surface area contributed by atoms with E-state index < -0.39 is 11.9 Å². The number of thioether (sulfide) groups is 1. The van der Waals surface area contributed by atoms with Crippen molar-refractivity contribution >= 4 is 35.2 Å². The third-order valence-electron chi connectivity index (χ3n) is 1.86.